The second-order valence-electron chi connectivity index (χ2n) is 4.99. The van der Waals surface area contributed by atoms with Gasteiger partial charge in [-0.15, -0.1) is 0 Å². The average molecular weight is 307 g/mol. The van der Waals surface area contributed by atoms with Crippen LogP contribution >= 0.6 is 0 Å². The van der Waals surface area contributed by atoms with E-state index in [0.29, 0.717) is 5.56 Å². The summed E-state index contributed by atoms with van der Waals surface area (Å²) in [6.45, 7) is 1.75. The molecule has 0 aromatic heterocycles. The largest absolute Gasteiger partial charge is 0.416 e. The van der Waals surface area contributed by atoms with Crippen molar-refractivity contribution in [1.29, 1.82) is 0 Å². The molecule has 2 rings (SSSR count). The van der Waals surface area contributed by atoms with E-state index < -0.39 is 23.9 Å². The number of nitrogens with zero attached hydrogens (tertiary/aromatic N) is 1. The molecule has 0 heterocycles. The van der Waals surface area contributed by atoms with Crippen molar-refractivity contribution in [3.05, 3.63) is 71.3 Å². The molecule has 5 heteroatoms. The second kappa shape index (κ2) is 6.75. The van der Waals surface area contributed by atoms with Crippen LogP contribution in [0.1, 0.15) is 29.7 Å². The maximum absolute atomic E-state index is 12.5. The lowest BCUT2D eigenvalue weighted by Gasteiger charge is -2.15. The maximum atomic E-state index is 12.5. The number of benzene rings is 2. The van der Waals surface area contributed by atoms with E-state index in [1.165, 1.54) is 18.3 Å². The summed E-state index contributed by atoms with van der Waals surface area (Å²) in [5, 5.41) is 10.2. The second-order valence-corrected chi connectivity index (χ2v) is 4.99. The number of aliphatic imine (C=N–C) groups is 1. The smallest absolute Gasteiger partial charge is 0.386 e. The summed E-state index contributed by atoms with van der Waals surface area (Å²) in [5.41, 5.74) is 0.613. The van der Waals surface area contributed by atoms with Gasteiger partial charge in [0.15, 0.2) is 0 Å². The topological polar surface area (TPSA) is 32.6 Å². The zero-order valence-corrected chi connectivity index (χ0v) is 12.0. The predicted octanol–water partition coefficient (Wildman–Crippen LogP) is 4.25. The van der Waals surface area contributed by atoms with Crippen LogP contribution in [0, 0.1) is 0 Å². The van der Waals surface area contributed by atoms with Crippen LogP contribution in [0.4, 0.5) is 13.2 Å². The highest BCUT2D eigenvalue weighted by atomic mass is 19.4. The molecule has 0 fully saturated rings. The third-order valence-corrected chi connectivity index (χ3v) is 3.29. The molecule has 0 aliphatic carbocycles. The molecule has 116 valence electrons. The van der Waals surface area contributed by atoms with Crippen LogP contribution in [0.15, 0.2) is 59.6 Å². The van der Waals surface area contributed by atoms with Gasteiger partial charge in [0, 0.05) is 6.21 Å². The standard InChI is InChI=1S/C17H16F3NO/c1-12(16(22)14-5-3-2-4-6-14)21-11-13-7-9-15(10-8-13)17(18,19)20/h2-12,16,22H,1H3/t12-,16+/m1/s1. The van der Waals surface area contributed by atoms with Crippen molar-refractivity contribution in [2.24, 2.45) is 4.99 Å². The Balaban J connectivity index is 2.05. The van der Waals surface area contributed by atoms with Gasteiger partial charge in [-0.05, 0) is 30.2 Å². The first-order valence-electron chi connectivity index (χ1n) is 6.81. The lowest BCUT2D eigenvalue weighted by Crippen LogP contribution is -2.12. The minimum atomic E-state index is -4.34. The monoisotopic (exact) mass is 307 g/mol. The maximum Gasteiger partial charge on any atom is 0.416 e. The fraction of sp³-hybridized carbons (Fsp3) is 0.235. The Kier molecular flexibility index (Phi) is 4.98. The Bertz CT molecular complexity index is 621. The molecule has 2 aromatic rings. The molecule has 0 unspecified atom stereocenters. The zero-order chi connectivity index (χ0) is 16.2. The molecule has 0 amide bonds. The quantitative estimate of drug-likeness (QED) is 0.842. The molecule has 0 saturated carbocycles. The summed E-state index contributed by atoms with van der Waals surface area (Å²) < 4.78 is 37.4. The first-order chi connectivity index (χ1) is 10.4. The fourth-order valence-corrected chi connectivity index (χ4v) is 1.97. The molecule has 0 aliphatic heterocycles. The third kappa shape index (κ3) is 4.18. The van der Waals surface area contributed by atoms with E-state index in [1.54, 1.807) is 19.1 Å². The Morgan fingerprint density at radius 1 is 1.00 bits per heavy atom. The Morgan fingerprint density at radius 2 is 1.59 bits per heavy atom. The molecule has 2 nitrogen and oxygen atoms in total. The van der Waals surface area contributed by atoms with Crippen LogP contribution in [-0.4, -0.2) is 17.4 Å². The van der Waals surface area contributed by atoms with Crippen LogP contribution in [0.2, 0.25) is 0 Å². The highest BCUT2D eigenvalue weighted by Gasteiger charge is 2.29. The van der Waals surface area contributed by atoms with Crippen LogP contribution in [0.3, 0.4) is 0 Å². The van der Waals surface area contributed by atoms with E-state index in [9.17, 15) is 18.3 Å². The van der Waals surface area contributed by atoms with Gasteiger partial charge in [-0.2, -0.15) is 13.2 Å². The van der Waals surface area contributed by atoms with E-state index in [0.717, 1.165) is 17.7 Å². The minimum absolute atomic E-state index is 0.398. The first kappa shape index (κ1) is 16.2. The molecular weight excluding hydrogens is 291 g/mol. The summed E-state index contributed by atoms with van der Waals surface area (Å²) in [4.78, 5) is 4.21. The lowest BCUT2D eigenvalue weighted by molar-refractivity contribution is -0.137. The van der Waals surface area contributed by atoms with Crippen LogP contribution < -0.4 is 0 Å². The third-order valence-electron chi connectivity index (χ3n) is 3.29. The van der Waals surface area contributed by atoms with Gasteiger partial charge in [0.2, 0.25) is 0 Å². The highest BCUT2D eigenvalue weighted by Crippen LogP contribution is 2.29. The van der Waals surface area contributed by atoms with Gasteiger partial charge in [0.05, 0.1) is 11.6 Å². The number of alkyl halides is 3. The van der Waals surface area contributed by atoms with Gasteiger partial charge in [-0.3, -0.25) is 4.99 Å². The van der Waals surface area contributed by atoms with Gasteiger partial charge < -0.3 is 5.11 Å². The van der Waals surface area contributed by atoms with Gasteiger partial charge in [-0.25, -0.2) is 0 Å². The Morgan fingerprint density at radius 3 is 2.14 bits per heavy atom. The van der Waals surface area contributed by atoms with Crippen molar-refractivity contribution in [3.8, 4) is 0 Å². The SMILES string of the molecule is C[C@@H](N=Cc1ccc(C(F)(F)F)cc1)[C@H](O)c1ccccc1. The van der Waals surface area contributed by atoms with Crippen molar-refractivity contribution in [2.45, 2.75) is 25.2 Å². The molecule has 0 spiro atoms. The van der Waals surface area contributed by atoms with Crippen LogP contribution in [-0.2, 0) is 6.18 Å². The van der Waals surface area contributed by atoms with E-state index in [-0.39, 0.29) is 0 Å². The van der Waals surface area contributed by atoms with Gasteiger partial charge >= 0.3 is 6.18 Å². The Hall–Kier alpha value is -2.14. The number of aliphatic hydroxyl groups excluding tert-OH is 1. The van der Waals surface area contributed by atoms with Crippen molar-refractivity contribution in [2.75, 3.05) is 0 Å². The summed E-state index contributed by atoms with van der Waals surface area (Å²) in [6.07, 6.45) is -3.63. The molecule has 0 radical (unpaired) electrons. The van der Waals surface area contributed by atoms with Crippen molar-refractivity contribution >= 4 is 6.21 Å². The molecule has 0 bridgehead atoms. The summed E-state index contributed by atoms with van der Waals surface area (Å²) in [5.74, 6) is 0. The Labute approximate surface area is 126 Å². The summed E-state index contributed by atoms with van der Waals surface area (Å²) in [7, 11) is 0. The van der Waals surface area contributed by atoms with Gasteiger partial charge in [-0.1, -0.05) is 42.5 Å². The zero-order valence-electron chi connectivity index (χ0n) is 12.0. The lowest BCUT2D eigenvalue weighted by atomic mass is 10.0. The number of aliphatic hydroxyl groups is 1. The van der Waals surface area contributed by atoms with E-state index in [2.05, 4.69) is 4.99 Å². The molecule has 1 N–H and O–H groups in total. The van der Waals surface area contributed by atoms with Gasteiger partial charge in [0.25, 0.3) is 0 Å². The number of hydrogen-bond donors (Lipinski definition) is 1. The van der Waals surface area contributed by atoms with E-state index >= 15 is 0 Å². The van der Waals surface area contributed by atoms with E-state index in [1.807, 2.05) is 18.2 Å². The minimum Gasteiger partial charge on any atom is -0.386 e. The van der Waals surface area contributed by atoms with E-state index in [4.69, 9.17) is 0 Å². The molecule has 0 saturated heterocycles. The van der Waals surface area contributed by atoms with Gasteiger partial charge in [0.1, 0.15) is 6.10 Å². The summed E-state index contributed by atoms with van der Waals surface area (Å²) in [6, 6.07) is 13.4. The number of rotatable bonds is 4. The molecular formula is C17H16F3NO. The number of hydrogen-bond acceptors (Lipinski definition) is 2. The predicted molar refractivity (Wildman–Crippen MR) is 79.9 cm³/mol. The fourth-order valence-electron chi connectivity index (χ4n) is 1.97. The van der Waals surface area contributed by atoms with Crippen LogP contribution in [0.25, 0.3) is 0 Å². The number of halogens is 3. The molecule has 2 aromatic carbocycles. The molecule has 2 atom stereocenters. The molecule has 22 heavy (non-hydrogen) atoms. The van der Waals surface area contributed by atoms with Crippen molar-refractivity contribution in [1.82, 2.24) is 0 Å². The van der Waals surface area contributed by atoms with Crippen molar-refractivity contribution in [3.63, 3.8) is 0 Å². The normalized spacial score (nSPS) is 15.0. The highest BCUT2D eigenvalue weighted by molar-refractivity contribution is 5.79. The van der Waals surface area contributed by atoms with Crippen LogP contribution in [0.5, 0.6) is 0 Å². The summed E-state index contributed by atoms with van der Waals surface area (Å²) >= 11 is 0. The first-order valence-corrected chi connectivity index (χ1v) is 6.81. The van der Waals surface area contributed by atoms with Crippen molar-refractivity contribution < 1.29 is 18.3 Å². The molecule has 0 aliphatic rings. The average Bonchev–Trinajstić information content (AvgIpc) is 2.52.